The maximum Gasteiger partial charge on any atom is 0.347 e. The Hall–Kier alpha value is -1.45. The quantitative estimate of drug-likeness (QED) is 0.817. The second-order valence-corrected chi connectivity index (χ2v) is 6.87. The molecule has 3 N–H and O–H groups in total. The minimum atomic E-state index is -4.00. The molecule has 1 aliphatic heterocycles. The predicted octanol–water partition coefficient (Wildman–Crippen LogP) is 0.0847. The van der Waals surface area contributed by atoms with Gasteiger partial charge in [0.25, 0.3) is 0 Å². The molecule has 1 aliphatic rings. The largest absolute Gasteiger partial charge is 0.477 e. The summed E-state index contributed by atoms with van der Waals surface area (Å²) in [5.74, 6) is -2.02. The molecule has 1 aromatic rings. The van der Waals surface area contributed by atoms with E-state index in [0.29, 0.717) is 12.8 Å². The molecule has 1 amide bonds. The van der Waals surface area contributed by atoms with Gasteiger partial charge in [0.1, 0.15) is 15.8 Å². The van der Waals surface area contributed by atoms with Gasteiger partial charge in [0.2, 0.25) is 15.9 Å². The minimum Gasteiger partial charge on any atom is -0.477 e. The summed E-state index contributed by atoms with van der Waals surface area (Å²) in [6.07, 6.45) is 0.889. The van der Waals surface area contributed by atoms with Crippen LogP contribution in [0.5, 0.6) is 0 Å². The van der Waals surface area contributed by atoms with Crippen LogP contribution in [-0.4, -0.2) is 42.3 Å². The Balaban J connectivity index is 2.45. The first-order chi connectivity index (χ1) is 8.85. The van der Waals surface area contributed by atoms with Crippen molar-refractivity contribution in [1.29, 1.82) is 0 Å². The second kappa shape index (κ2) is 4.91. The Labute approximate surface area is 113 Å². The van der Waals surface area contributed by atoms with Crippen LogP contribution in [0, 0.1) is 0 Å². The van der Waals surface area contributed by atoms with Crippen molar-refractivity contribution in [3.05, 3.63) is 16.3 Å². The van der Waals surface area contributed by atoms with E-state index in [1.165, 1.54) is 11.4 Å². The summed E-state index contributed by atoms with van der Waals surface area (Å²) < 4.78 is 25.8. The first kappa shape index (κ1) is 14.0. The highest BCUT2D eigenvalue weighted by Gasteiger charge is 2.40. The maximum atomic E-state index is 12.4. The Morgan fingerprint density at radius 2 is 2.16 bits per heavy atom. The maximum absolute atomic E-state index is 12.4. The van der Waals surface area contributed by atoms with Crippen molar-refractivity contribution in [1.82, 2.24) is 4.31 Å². The second-order valence-electron chi connectivity index (χ2n) is 4.10. The third kappa shape index (κ3) is 2.36. The monoisotopic (exact) mass is 304 g/mol. The van der Waals surface area contributed by atoms with Crippen molar-refractivity contribution in [3.63, 3.8) is 0 Å². The number of rotatable bonds is 4. The van der Waals surface area contributed by atoms with Crippen molar-refractivity contribution in [2.45, 2.75) is 23.8 Å². The Kier molecular flexibility index (Phi) is 3.61. The standard InChI is InChI=1S/C10H12N2O5S2/c11-9(13)6-2-1-4-12(6)19(16,17)7-3-5-18-8(7)10(14)15/h3,5-6H,1-2,4H2,(H2,11,13)(H,14,15). The summed E-state index contributed by atoms with van der Waals surface area (Å²) in [5, 5.41) is 10.4. The normalized spacial score (nSPS) is 20.5. The molecular weight excluding hydrogens is 292 g/mol. The molecular formula is C10H12N2O5S2. The molecule has 7 nitrogen and oxygen atoms in total. The zero-order valence-electron chi connectivity index (χ0n) is 9.77. The first-order valence-electron chi connectivity index (χ1n) is 5.47. The van der Waals surface area contributed by atoms with Gasteiger partial charge < -0.3 is 10.8 Å². The molecule has 0 bridgehead atoms. The average Bonchev–Trinajstić information content (AvgIpc) is 2.98. The van der Waals surface area contributed by atoms with Crippen LogP contribution < -0.4 is 5.73 Å². The third-order valence-corrected chi connectivity index (χ3v) is 5.92. The number of hydrogen-bond acceptors (Lipinski definition) is 5. The number of hydrogen-bond donors (Lipinski definition) is 2. The van der Waals surface area contributed by atoms with Crippen LogP contribution in [0.3, 0.4) is 0 Å². The van der Waals surface area contributed by atoms with E-state index in [4.69, 9.17) is 10.8 Å². The Morgan fingerprint density at radius 1 is 1.47 bits per heavy atom. The summed E-state index contributed by atoms with van der Waals surface area (Å²) in [5.41, 5.74) is 5.18. The van der Waals surface area contributed by atoms with Crippen LogP contribution >= 0.6 is 11.3 Å². The van der Waals surface area contributed by atoms with E-state index >= 15 is 0 Å². The van der Waals surface area contributed by atoms with Crippen LogP contribution in [0.25, 0.3) is 0 Å². The number of carboxylic acid groups (broad SMARTS) is 1. The predicted molar refractivity (Wildman–Crippen MR) is 67.4 cm³/mol. The number of primary amides is 1. The van der Waals surface area contributed by atoms with E-state index in [-0.39, 0.29) is 16.3 Å². The highest BCUT2D eigenvalue weighted by Crippen LogP contribution is 2.30. The van der Waals surface area contributed by atoms with Gasteiger partial charge in [-0.3, -0.25) is 4.79 Å². The molecule has 0 spiro atoms. The molecule has 0 saturated carbocycles. The van der Waals surface area contributed by atoms with Crippen LogP contribution in [0.1, 0.15) is 22.5 Å². The van der Waals surface area contributed by atoms with E-state index < -0.39 is 27.9 Å². The molecule has 1 saturated heterocycles. The van der Waals surface area contributed by atoms with E-state index in [9.17, 15) is 18.0 Å². The van der Waals surface area contributed by atoms with E-state index in [1.54, 1.807) is 0 Å². The molecule has 2 heterocycles. The van der Waals surface area contributed by atoms with Gasteiger partial charge in [0.15, 0.2) is 0 Å². The number of carboxylic acids is 1. The van der Waals surface area contributed by atoms with Gasteiger partial charge in [-0.2, -0.15) is 4.31 Å². The molecule has 0 aromatic carbocycles. The van der Waals surface area contributed by atoms with Crippen LogP contribution in [-0.2, 0) is 14.8 Å². The summed E-state index contributed by atoms with van der Waals surface area (Å²) in [4.78, 5) is 21.7. The topological polar surface area (TPSA) is 118 Å². The van der Waals surface area contributed by atoms with Gasteiger partial charge in [-0.1, -0.05) is 0 Å². The lowest BCUT2D eigenvalue weighted by Gasteiger charge is -2.21. The van der Waals surface area contributed by atoms with Gasteiger partial charge in [-0.05, 0) is 24.3 Å². The highest BCUT2D eigenvalue weighted by molar-refractivity contribution is 7.89. The highest BCUT2D eigenvalue weighted by atomic mass is 32.2. The number of nitrogens with two attached hydrogens (primary N) is 1. The van der Waals surface area contributed by atoms with Crippen LogP contribution in [0.2, 0.25) is 0 Å². The Bertz CT molecular complexity index is 622. The van der Waals surface area contributed by atoms with Crippen LogP contribution in [0.15, 0.2) is 16.3 Å². The number of nitrogens with zero attached hydrogens (tertiary/aromatic N) is 1. The molecule has 1 aromatic heterocycles. The summed E-state index contributed by atoms with van der Waals surface area (Å²) in [6, 6.07) is 0.339. The van der Waals surface area contributed by atoms with Crippen LogP contribution in [0.4, 0.5) is 0 Å². The van der Waals surface area contributed by atoms with E-state index in [2.05, 4.69) is 0 Å². The molecule has 1 unspecified atom stereocenters. The zero-order valence-corrected chi connectivity index (χ0v) is 11.4. The van der Waals surface area contributed by atoms with Crippen molar-refractivity contribution in [2.75, 3.05) is 6.54 Å². The van der Waals surface area contributed by atoms with E-state index in [1.807, 2.05) is 0 Å². The Morgan fingerprint density at radius 3 is 2.74 bits per heavy atom. The SMILES string of the molecule is NC(=O)C1CCCN1S(=O)(=O)c1ccsc1C(=O)O. The van der Waals surface area contributed by atoms with Gasteiger partial charge in [0.05, 0.1) is 0 Å². The molecule has 19 heavy (non-hydrogen) atoms. The summed E-state index contributed by atoms with van der Waals surface area (Å²) >= 11 is 0.831. The number of carbonyl (C=O) groups is 2. The first-order valence-corrected chi connectivity index (χ1v) is 7.79. The summed E-state index contributed by atoms with van der Waals surface area (Å²) in [6.45, 7) is 0.171. The summed E-state index contributed by atoms with van der Waals surface area (Å²) in [7, 11) is -4.00. The zero-order chi connectivity index (χ0) is 14.2. The van der Waals surface area contributed by atoms with Crippen molar-refractivity contribution < 1.29 is 23.1 Å². The number of aromatic carboxylic acids is 1. The van der Waals surface area contributed by atoms with Gasteiger partial charge >= 0.3 is 5.97 Å². The molecule has 0 radical (unpaired) electrons. The fourth-order valence-corrected chi connectivity index (χ4v) is 4.99. The lowest BCUT2D eigenvalue weighted by Crippen LogP contribution is -2.43. The fraction of sp³-hybridized carbons (Fsp3) is 0.400. The molecule has 1 atom stereocenters. The number of carbonyl (C=O) groups excluding carboxylic acids is 1. The molecule has 0 aliphatic carbocycles. The average molecular weight is 304 g/mol. The smallest absolute Gasteiger partial charge is 0.347 e. The molecule has 1 fully saturated rings. The van der Waals surface area contributed by atoms with Crippen molar-refractivity contribution in [3.8, 4) is 0 Å². The van der Waals surface area contributed by atoms with Gasteiger partial charge in [-0.15, -0.1) is 11.3 Å². The number of sulfonamides is 1. The van der Waals surface area contributed by atoms with Crippen molar-refractivity contribution >= 4 is 33.2 Å². The number of amides is 1. The third-order valence-electron chi connectivity index (χ3n) is 2.94. The lowest BCUT2D eigenvalue weighted by atomic mass is 10.2. The fourth-order valence-electron chi connectivity index (χ4n) is 2.10. The minimum absolute atomic E-state index is 0.171. The molecule has 104 valence electrons. The molecule has 9 heteroatoms. The lowest BCUT2D eigenvalue weighted by molar-refractivity contribution is -0.121. The molecule has 2 rings (SSSR count). The number of thiophene rings is 1. The van der Waals surface area contributed by atoms with Gasteiger partial charge in [0, 0.05) is 6.54 Å². The van der Waals surface area contributed by atoms with E-state index in [0.717, 1.165) is 15.6 Å². The van der Waals surface area contributed by atoms with Crippen molar-refractivity contribution in [2.24, 2.45) is 5.73 Å². The van der Waals surface area contributed by atoms with Gasteiger partial charge in [-0.25, -0.2) is 13.2 Å².